The van der Waals surface area contributed by atoms with E-state index in [2.05, 4.69) is 10.5 Å². The first-order valence-electron chi connectivity index (χ1n) is 6.16. The van der Waals surface area contributed by atoms with Crippen molar-refractivity contribution in [3.05, 3.63) is 42.1 Å². The van der Waals surface area contributed by atoms with Gasteiger partial charge in [0, 0.05) is 11.6 Å². The fourth-order valence-corrected chi connectivity index (χ4v) is 1.58. The molecule has 0 saturated heterocycles. The van der Waals surface area contributed by atoms with E-state index < -0.39 is 11.9 Å². The second kappa shape index (κ2) is 6.51. The van der Waals surface area contributed by atoms with Crippen molar-refractivity contribution in [2.75, 3.05) is 13.2 Å². The van der Waals surface area contributed by atoms with E-state index in [0.29, 0.717) is 5.76 Å². The molecule has 0 spiro atoms. The highest BCUT2D eigenvalue weighted by atomic mass is 16.5. The standard InChI is InChI=1S/C14H14N2O4/c1-2-19-13(17)9-15-14(18)11-8-12(20-16-11)10-6-4-3-5-7-10/h3-8H,2,9H2,1H3,(H,15,18). The van der Waals surface area contributed by atoms with Gasteiger partial charge >= 0.3 is 5.97 Å². The number of aromatic nitrogens is 1. The van der Waals surface area contributed by atoms with Crippen molar-refractivity contribution in [2.24, 2.45) is 0 Å². The summed E-state index contributed by atoms with van der Waals surface area (Å²) in [6.07, 6.45) is 0. The van der Waals surface area contributed by atoms with E-state index in [1.165, 1.54) is 6.07 Å². The number of nitrogens with zero attached hydrogens (tertiary/aromatic N) is 1. The molecule has 1 aromatic carbocycles. The molecule has 0 bridgehead atoms. The van der Waals surface area contributed by atoms with Crippen LogP contribution in [-0.2, 0) is 9.53 Å². The van der Waals surface area contributed by atoms with Crippen molar-refractivity contribution < 1.29 is 18.8 Å². The number of benzene rings is 1. The van der Waals surface area contributed by atoms with Crippen molar-refractivity contribution in [1.29, 1.82) is 0 Å². The second-order valence-corrected chi connectivity index (χ2v) is 3.93. The normalized spacial score (nSPS) is 10.1. The number of hydrogen-bond acceptors (Lipinski definition) is 5. The van der Waals surface area contributed by atoms with Gasteiger partial charge in [-0.15, -0.1) is 0 Å². The van der Waals surface area contributed by atoms with Crippen molar-refractivity contribution >= 4 is 11.9 Å². The highest BCUT2D eigenvalue weighted by Gasteiger charge is 2.14. The van der Waals surface area contributed by atoms with Crippen LogP contribution in [0.15, 0.2) is 40.9 Å². The van der Waals surface area contributed by atoms with Crippen LogP contribution in [0.1, 0.15) is 17.4 Å². The Morgan fingerprint density at radius 1 is 1.30 bits per heavy atom. The SMILES string of the molecule is CCOC(=O)CNC(=O)c1cc(-c2ccccc2)on1. The maximum Gasteiger partial charge on any atom is 0.325 e. The molecule has 0 unspecified atom stereocenters. The van der Waals surface area contributed by atoms with E-state index in [1.54, 1.807) is 6.92 Å². The van der Waals surface area contributed by atoms with E-state index in [1.807, 2.05) is 30.3 Å². The molecule has 2 rings (SSSR count). The first-order chi connectivity index (χ1) is 9.70. The molecule has 1 aromatic heterocycles. The van der Waals surface area contributed by atoms with Gasteiger partial charge in [-0.25, -0.2) is 0 Å². The number of esters is 1. The molecule has 1 N–H and O–H groups in total. The predicted octanol–water partition coefficient (Wildman–Crippen LogP) is 1.63. The van der Waals surface area contributed by atoms with Crippen molar-refractivity contribution in [2.45, 2.75) is 6.92 Å². The summed E-state index contributed by atoms with van der Waals surface area (Å²) in [6, 6.07) is 10.8. The lowest BCUT2D eigenvalue weighted by Gasteiger charge is -2.02. The van der Waals surface area contributed by atoms with Crippen LogP contribution in [0.5, 0.6) is 0 Å². The topological polar surface area (TPSA) is 81.4 Å². The van der Waals surface area contributed by atoms with Crippen LogP contribution in [-0.4, -0.2) is 30.2 Å². The Kier molecular flexibility index (Phi) is 4.49. The fraction of sp³-hybridized carbons (Fsp3) is 0.214. The van der Waals surface area contributed by atoms with Gasteiger partial charge in [0.2, 0.25) is 0 Å². The molecule has 1 amide bonds. The molecule has 2 aromatic rings. The number of hydrogen-bond donors (Lipinski definition) is 1. The van der Waals surface area contributed by atoms with Crippen LogP contribution in [0.2, 0.25) is 0 Å². The number of ether oxygens (including phenoxy) is 1. The Labute approximate surface area is 115 Å². The molecule has 0 saturated carbocycles. The quantitative estimate of drug-likeness (QED) is 0.838. The molecule has 0 aliphatic carbocycles. The van der Waals surface area contributed by atoms with E-state index >= 15 is 0 Å². The fourth-order valence-electron chi connectivity index (χ4n) is 1.58. The van der Waals surface area contributed by atoms with E-state index in [4.69, 9.17) is 9.26 Å². The average molecular weight is 274 g/mol. The zero-order chi connectivity index (χ0) is 14.4. The number of carbonyl (C=O) groups is 2. The monoisotopic (exact) mass is 274 g/mol. The third kappa shape index (κ3) is 3.44. The lowest BCUT2D eigenvalue weighted by atomic mass is 10.1. The number of carbonyl (C=O) groups excluding carboxylic acids is 2. The summed E-state index contributed by atoms with van der Waals surface area (Å²) >= 11 is 0. The lowest BCUT2D eigenvalue weighted by Crippen LogP contribution is -2.30. The summed E-state index contributed by atoms with van der Waals surface area (Å²) in [7, 11) is 0. The largest absolute Gasteiger partial charge is 0.465 e. The van der Waals surface area contributed by atoms with Gasteiger partial charge in [0.15, 0.2) is 11.5 Å². The summed E-state index contributed by atoms with van der Waals surface area (Å²) < 4.78 is 9.80. The summed E-state index contributed by atoms with van der Waals surface area (Å²) in [5, 5.41) is 6.09. The van der Waals surface area contributed by atoms with Gasteiger partial charge in [-0.3, -0.25) is 9.59 Å². The third-order valence-electron chi connectivity index (χ3n) is 2.50. The van der Waals surface area contributed by atoms with Gasteiger partial charge in [-0.1, -0.05) is 35.5 Å². The maximum atomic E-state index is 11.8. The molecule has 6 nitrogen and oxygen atoms in total. The van der Waals surface area contributed by atoms with Crippen molar-refractivity contribution in [3.8, 4) is 11.3 Å². The first-order valence-corrected chi connectivity index (χ1v) is 6.16. The summed E-state index contributed by atoms with van der Waals surface area (Å²) in [4.78, 5) is 22.9. The third-order valence-corrected chi connectivity index (χ3v) is 2.50. The Hall–Kier alpha value is -2.63. The number of rotatable bonds is 5. The highest BCUT2D eigenvalue weighted by Crippen LogP contribution is 2.19. The maximum absolute atomic E-state index is 11.8. The summed E-state index contributed by atoms with van der Waals surface area (Å²) in [5.41, 5.74) is 0.942. The molecule has 0 aliphatic heterocycles. The molecular weight excluding hydrogens is 260 g/mol. The molecular formula is C14H14N2O4. The van der Waals surface area contributed by atoms with E-state index in [9.17, 15) is 9.59 Å². The van der Waals surface area contributed by atoms with Crippen LogP contribution in [0.4, 0.5) is 0 Å². The van der Waals surface area contributed by atoms with Gasteiger partial charge in [-0.05, 0) is 6.92 Å². The minimum absolute atomic E-state index is 0.119. The first kappa shape index (κ1) is 13.8. The molecule has 1 heterocycles. The molecule has 20 heavy (non-hydrogen) atoms. The molecule has 0 atom stereocenters. The van der Waals surface area contributed by atoms with Gasteiger partial charge in [0.25, 0.3) is 5.91 Å². The number of amides is 1. The van der Waals surface area contributed by atoms with Gasteiger partial charge in [-0.2, -0.15) is 0 Å². The van der Waals surface area contributed by atoms with Crippen LogP contribution in [0.3, 0.4) is 0 Å². The molecule has 0 fully saturated rings. The number of nitrogens with one attached hydrogen (secondary N) is 1. The van der Waals surface area contributed by atoms with Gasteiger partial charge in [0.1, 0.15) is 6.54 Å². The predicted molar refractivity (Wildman–Crippen MR) is 70.9 cm³/mol. The smallest absolute Gasteiger partial charge is 0.325 e. The van der Waals surface area contributed by atoms with E-state index in [0.717, 1.165) is 5.56 Å². The highest BCUT2D eigenvalue weighted by molar-refractivity contribution is 5.94. The van der Waals surface area contributed by atoms with Crippen LogP contribution < -0.4 is 5.32 Å². The minimum atomic E-state index is -0.493. The Balaban J connectivity index is 1.98. The summed E-state index contributed by atoms with van der Waals surface area (Å²) in [6.45, 7) is 1.78. The van der Waals surface area contributed by atoms with Gasteiger partial charge < -0.3 is 14.6 Å². The lowest BCUT2D eigenvalue weighted by molar-refractivity contribution is -0.141. The Morgan fingerprint density at radius 3 is 2.75 bits per heavy atom. The minimum Gasteiger partial charge on any atom is -0.465 e. The van der Waals surface area contributed by atoms with Crippen LogP contribution in [0, 0.1) is 0 Å². The molecule has 104 valence electrons. The zero-order valence-electron chi connectivity index (χ0n) is 11.0. The van der Waals surface area contributed by atoms with Crippen LogP contribution in [0.25, 0.3) is 11.3 Å². The Bertz CT molecular complexity index is 592. The van der Waals surface area contributed by atoms with Crippen molar-refractivity contribution in [1.82, 2.24) is 10.5 Å². The zero-order valence-corrected chi connectivity index (χ0v) is 11.0. The molecule has 0 aliphatic rings. The van der Waals surface area contributed by atoms with E-state index in [-0.39, 0.29) is 18.8 Å². The average Bonchev–Trinajstić information content (AvgIpc) is 2.96. The Morgan fingerprint density at radius 2 is 2.05 bits per heavy atom. The molecule has 6 heteroatoms. The van der Waals surface area contributed by atoms with Crippen LogP contribution >= 0.6 is 0 Å². The molecule has 0 radical (unpaired) electrons. The second-order valence-electron chi connectivity index (χ2n) is 3.93. The van der Waals surface area contributed by atoms with Crippen molar-refractivity contribution in [3.63, 3.8) is 0 Å². The van der Waals surface area contributed by atoms with Gasteiger partial charge in [0.05, 0.1) is 6.61 Å². The summed E-state index contributed by atoms with van der Waals surface area (Å²) in [5.74, 6) is -0.483.